The minimum absolute atomic E-state index is 0.00845. The third kappa shape index (κ3) is 2.06. The molecule has 0 spiro atoms. The first-order valence-electron chi connectivity index (χ1n) is 8.68. The summed E-state index contributed by atoms with van der Waals surface area (Å²) in [6.07, 6.45) is 6.87. The first-order valence-corrected chi connectivity index (χ1v) is 9.47. The van der Waals surface area contributed by atoms with Crippen molar-refractivity contribution in [3.05, 3.63) is 34.3 Å². The Labute approximate surface area is 158 Å². The summed E-state index contributed by atoms with van der Waals surface area (Å²) < 4.78 is 5.57. The highest BCUT2D eigenvalue weighted by Gasteiger charge is 2.67. The Morgan fingerprint density at radius 2 is 1.81 bits per heavy atom. The number of hydrazone groups is 1. The largest absolute Gasteiger partial charge is 0.503 e. The molecule has 1 aromatic rings. The van der Waals surface area contributed by atoms with Crippen LogP contribution in [0.25, 0.3) is 0 Å². The van der Waals surface area contributed by atoms with E-state index in [9.17, 15) is 14.7 Å². The molecule has 1 aromatic carbocycles. The van der Waals surface area contributed by atoms with Crippen LogP contribution >= 0.6 is 15.9 Å². The van der Waals surface area contributed by atoms with Crippen molar-refractivity contribution in [2.24, 2.45) is 40.6 Å². The van der Waals surface area contributed by atoms with Gasteiger partial charge in [0.1, 0.15) is 0 Å². The molecule has 1 heterocycles. The molecule has 0 unspecified atom stereocenters. The zero-order valence-corrected chi connectivity index (χ0v) is 15.6. The fraction of sp³-hybridized carbons (Fsp3) is 0.421. The number of phenolic OH excluding ortho intramolecular Hbond substituents is 1. The average Bonchev–Trinajstić information content (AvgIpc) is 3.41. The average molecular weight is 417 g/mol. The van der Waals surface area contributed by atoms with E-state index >= 15 is 0 Å². The number of methoxy groups -OCH3 is 1. The summed E-state index contributed by atoms with van der Waals surface area (Å²) in [4.78, 5) is 25.7. The van der Waals surface area contributed by atoms with Crippen molar-refractivity contribution in [1.29, 1.82) is 0 Å². The number of imide groups is 1. The summed E-state index contributed by atoms with van der Waals surface area (Å²) in [5.41, 5.74) is 0.617. The third-order valence-corrected chi connectivity index (χ3v) is 6.84. The molecule has 6 rings (SSSR count). The lowest BCUT2D eigenvalue weighted by atomic mass is 9.63. The van der Waals surface area contributed by atoms with Gasteiger partial charge in [-0.3, -0.25) is 9.59 Å². The molecule has 2 amide bonds. The van der Waals surface area contributed by atoms with E-state index in [4.69, 9.17) is 4.74 Å². The van der Waals surface area contributed by atoms with Crippen LogP contribution in [0.5, 0.6) is 11.5 Å². The lowest BCUT2D eigenvalue weighted by Gasteiger charge is -2.37. The number of aromatic hydroxyl groups is 1. The van der Waals surface area contributed by atoms with Gasteiger partial charge in [0, 0.05) is 0 Å². The number of hydrogen-bond donors (Lipinski definition) is 1. The molecule has 5 aliphatic rings. The van der Waals surface area contributed by atoms with Crippen LogP contribution in [0.15, 0.2) is 33.9 Å². The Morgan fingerprint density at radius 1 is 1.19 bits per heavy atom. The molecule has 3 fully saturated rings. The van der Waals surface area contributed by atoms with Crippen molar-refractivity contribution in [3.8, 4) is 11.5 Å². The summed E-state index contributed by atoms with van der Waals surface area (Å²) in [7, 11) is 1.45. The molecule has 7 heteroatoms. The predicted molar refractivity (Wildman–Crippen MR) is 96.5 cm³/mol. The van der Waals surface area contributed by atoms with E-state index in [1.54, 1.807) is 12.1 Å². The number of rotatable bonds is 3. The number of phenols is 1. The van der Waals surface area contributed by atoms with E-state index in [0.717, 1.165) is 11.4 Å². The van der Waals surface area contributed by atoms with Crippen molar-refractivity contribution in [2.75, 3.05) is 7.11 Å². The second-order valence-corrected chi connectivity index (χ2v) is 8.30. The number of nitrogens with zero attached hydrogens (tertiary/aromatic N) is 2. The highest BCUT2D eigenvalue weighted by Crippen LogP contribution is 2.65. The van der Waals surface area contributed by atoms with Crippen LogP contribution in [-0.4, -0.2) is 35.3 Å². The molecule has 6 atom stereocenters. The number of ether oxygens (including phenoxy) is 1. The summed E-state index contributed by atoms with van der Waals surface area (Å²) in [6, 6.07) is 3.25. The smallest absolute Gasteiger partial charge is 0.254 e. The molecule has 0 radical (unpaired) electrons. The van der Waals surface area contributed by atoms with Crippen LogP contribution in [0.2, 0.25) is 0 Å². The van der Waals surface area contributed by atoms with Gasteiger partial charge in [-0.25, -0.2) is 0 Å². The van der Waals surface area contributed by atoms with Gasteiger partial charge in [0.05, 0.1) is 29.6 Å². The molecule has 1 saturated heterocycles. The molecule has 1 aliphatic heterocycles. The van der Waals surface area contributed by atoms with Crippen LogP contribution in [-0.2, 0) is 9.59 Å². The molecular weight excluding hydrogens is 400 g/mol. The monoisotopic (exact) mass is 416 g/mol. The van der Waals surface area contributed by atoms with Crippen molar-refractivity contribution in [3.63, 3.8) is 0 Å². The van der Waals surface area contributed by atoms with Crippen LogP contribution in [0.3, 0.4) is 0 Å². The zero-order chi connectivity index (χ0) is 18.2. The highest BCUT2D eigenvalue weighted by molar-refractivity contribution is 9.10. The summed E-state index contributed by atoms with van der Waals surface area (Å²) in [6.45, 7) is 0. The van der Waals surface area contributed by atoms with Crippen LogP contribution in [0, 0.1) is 35.5 Å². The highest BCUT2D eigenvalue weighted by atomic mass is 79.9. The predicted octanol–water partition coefficient (Wildman–Crippen LogP) is 2.55. The Balaban J connectivity index is 1.44. The third-order valence-electron chi connectivity index (χ3n) is 6.23. The Morgan fingerprint density at radius 3 is 2.38 bits per heavy atom. The second-order valence-electron chi connectivity index (χ2n) is 7.44. The van der Waals surface area contributed by atoms with Gasteiger partial charge >= 0.3 is 0 Å². The maximum atomic E-state index is 12.9. The molecule has 2 saturated carbocycles. The zero-order valence-electron chi connectivity index (χ0n) is 14.0. The van der Waals surface area contributed by atoms with Gasteiger partial charge in [0.2, 0.25) is 0 Å². The molecule has 0 aromatic heterocycles. The fourth-order valence-electron chi connectivity index (χ4n) is 5.00. The van der Waals surface area contributed by atoms with E-state index in [1.807, 2.05) is 0 Å². The van der Waals surface area contributed by atoms with Crippen molar-refractivity contribution >= 4 is 34.0 Å². The topological polar surface area (TPSA) is 79.2 Å². The normalized spacial score (nSPS) is 36.6. The standard InChI is InChI=1S/C19H17BrN2O4/c1-26-14-5-8(4-13(20)17(14)23)7-21-22-18(24)15-9-2-3-10(12-6-11(9)12)16(15)19(22)25/h2-5,7,9-12,15-16,23H,6H2,1H3/b21-7-/t9-,10-,11-,12-,15-,16+/m1/s1. The molecule has 2 bridgehead atoms. The first kappa shape index (κ1) is 16.1. The summed E-state index contributed by atoms with van der Waals surface area (Å²) in [5.74, 6) is 0.926. The fourth-order valence-corrected chi connectivity index (χ4v) is 5.46. The number of amides is 2. The van der Waals surface area contributed by atoms with Gasteiger partial charge in [0.15, 0.2) is 11.5 Å². The summed E-state index contributed by atoms with van der Waals surface area (Å²) >= 11 is 3.25. The minimum Gasteiger partial charge on any atom is -0.503 e. The van der Waals surface area contributed by atoms with E-state index in [1.165, 1.54) is 13.3 Å². The molecule has 26 heavy (non-hydrogen) atoms. The Bertz CT molecular complexity index is 860. The lowest BCUT2D eigenvalue weighted by Crippen LogP contribution is -2.40. The van der Waals surface area contributed by atoms with Gasteiger partial charge in [-0.2, -0.15) is 10.1 Å². The van der Waals surface area contributed by atoms with Crippen LogP contribution < -0.4 is 4.74 Å². The number of carbonyl (C=O) groups is 2. The van der Waals surface area contributed by atoms with E-state index in [2.05, 4.69) is 33.2 Å². The quantitative estimate of drug-likeness (QED) is 0.466. The van der Waals surface area contributed by atoms with E-state index in [0.29, 0.717) is 21.9 Å². The van der Waals surface area contributed by atoms with E-state index < -0.39 is 0 Å². The van der Waals surface area contributed by atoms with Crippen molar-refractivity contribution in [2.45, 2.75) is 6.42 Å². The Kier molecular flexibility index (Phi) is 3.35. The molecule has 1 N–H and O–H groups in total. The molecule has 6 nitrogen and oxygen atoms in total. The number of carbonyl (C=O) groups excluding carboxylic acids is 2. The molecule has 134 valence electrons. The summed E-state index contributed by atoms with van der Waals surface area (Å²) in [5, 5.41) is 15.1. The van der Waals surface area contributed by atoms with Crippen LogP contribution in [0.4, 0.5) is 0 Å². The van der Waals surface area contributed by atoms with Gasteiger partial charge in [0.25, 0.3) is 11.8 Å². The van der Waals surface area contributed by atoms with Gasteiger partial charge in [-0.1, -0.05) is 12.2 Å². The first-order chi connectivity index (χ1) is 12.5. The van der Waals surface area contributed by atoms with Crippen molar-refractivity contribution in [1.82, 2.24) is 5.01 Å². The molecular formula is C19H17BrN2O4. The number of hydrogen-bond acceptors (Lipinski definition) is 5. The van der Waals surface area contributed by atoms with Crippen molar-refractivity contribution < 1.29 is 19.4 Å². The maximum absolute atomic E-state index is 12.9. The molecule has 4 aliphatic carbocycles. The van der Waals surface area contributed by atoms with Gasteiger partial charge in [-0.05, 0) is 63.7 Å². The lowest BCUT2D eigenvalue weighted by molar-refractivity contribution is -0.140. The maximum Gasteiger partial charge on any atom is 0.254 e. The number of allylic oxidation sites excluding steroid dienone is 2. The SMILES string of the molecule is COc1cc(/C=N\N2C(=O)[C@@H]3[C@@H]4C=C[C@H]([C@H]5C[C@H]45)[C@@H]3C2=O)cc(Br)c1O. The second kappa shape index (κ2) is 5.42. The number of halogens is 1. The Hall–Kier alpha value is -2.15. The minimum atomic E-state index is -0.250. The van der Waals surface area contributed by atoms with Gasteiger partial charge < -0.3 is 9.84 Å². The van der Waals surface area contributed by atoms with Crippen LogP contribution in [0.1, 0.15) is 12.0 Å². The number of benzene rings is 1. The van der Waals surface area contributed by atoms with Gasteiger partial charge in [-0.15, -0.1) is 0 Å². The van der Waals surface area contributed by atoms with E-state index in [-0.39, 0.29) is 47.0 Å².